The molecule has 4 aliphatic rings. The highest BCUT2D eigenvalue weighted by molar-refractivity contribution is 5.92. The molecule has 3 saturated carbocycles. The molecule has 0 saturated heterocycles. The van der Waals surface area contributed by atoms with Crippen LogP contribution in [0.5, 0.6) is 0 Å². The zero-order chi connectivity index (χ0) is 22.1. The van der Waals surface area contributed by atoms with Crippen LogP contribution in [0.1, 0.15) is 65.7 Å². The summed E-state index contributed by atoms with van der Waals surface area (Å²) < 4.78 is 21.8. The molecule has 3 fully saturated rings. The smallest absolute Gasteiger partial charge is 0.303 e. The summed E-state index contributed by atoms with van der Waals surface area (Å²) in [6.07, 6.45) is 2.45. The first kappa shape index (κ1) is 21.6. The van der Waals surface area contributed by atoms with Crippen molar-refractivity contribution in [3.05, 3.63) is 11.6 Å². The molecule has 0 heterocycles. The van der Waals surface area contributed by atoms with Gasteiger partial charge in [-0.3, -0.25) is 14.4 Å². The van der Waals surface area contributed by atoms with Crippen LogP contribution < -0.4 is 0 Å². The normalized spacial score (nSPS) is 47.6. The van der Waals surface area contributed by atoms with Crippen LogP contribution in [0.4, 0.5) is 4.39 Å². The number of esters is 1. The molecule has 7 heteroatoms. The molecule has 7 atom stereocenters. The Hall–Kier alpha value is -1.60. The molecule has 0 aromatic carbocycles. The number of rotatable bonds is 3. The van der Waals surface area contributed by atoms with Gasteiger partial charge in [0.15, 0.2) is 12.4 Å². The molecule has 4 aliphatic carbocycles. The Balaban J connectivity index is 1.71. The van der Waals surface area contributed by atoms with Crippen molar-refractivity contribution in [2.24, 2.45) is 22.7 Å². The SMILES string of the molecule is CC(=O)OCC(=O)[C@@]1(O)CC[C@H]2[C@@H]3CCC4=CC(=O)CC[C@]4(C)C3(F)[C@@H](O)C[C@@]21C. The van der Waals surface area contributed by atoms with Crippen molar-refractivity contribution in [3.8, 4) is 0 Å². The van der Waals surface area contributed by atoms with Crippen LogP contribution in [0, 0.1) is 22.7 Å². The van der Waals surface area contributed by atoms with Crippen molar-refractivity contribution in [1.29, 1.82) is 0 Å². The lowest BCUT2D eigenvalue weighted by Crippen LogP contribution is -2.69. The molecule has 6 nitrogen and oxygen atoms in total. The minimum Gasteiger partial charge on any atom is -0.458 e. The molecule has 4 rings (SSSR count). The van der Waals surface area contributed by atoms with E-state index in [-0.39, 0.29) is 31.0 Å². The predicted molar refractivity (Wildman–Crippen MR) is 105 cm³/mol. The van der Waals surface area contributed by atoms with Crippen molar-refractivity contribution in [1.82, 2.24) is 0 Å². The van der Waals surface area contributed by atoms with Crippen molar-refractivity contribution < 1.29 is 33.7 Å². The van der Waals surface area contributed by atoms with Gasteiger partial charge in [0.05, 0.1) is 6.10 Å². The number of Topliss-reactive ketones (excluding diaryl/α,β-unsaturated/α-hetero) is 1. The molecule has 0 radical (unpaired) electrons. The van der Waals surface area contributed by atoms with E-state index < -0.39 is 52.5 Å². The second kappa shape index (κ2) is 6.70. The molecule has 0 aliphatic heterocycles. The standard InChI is InChI=1S/C23H31FO6/c1-13(25)30-12-19(28)22(29)9-7-16-17-5-4-14-10-15(26)6-8-20(14,2)23(17,24)18(27)11-21(16,22)3/h10,16-18,27,29H,4-9,11-12H2,1-3H3/t16-,17-,18-,20-,21-,22-,23?/m0/s1. The van der Waals surface area contributed by atoms with Crippen LogP contribution in [-0.4, -0.2) is 51.7 Å². The van der Waals surface area contributed by atoms with Gasteiger partial charge in [-0.15, -0.1) is 0 Å². The van der Waals surface area contributed by atoms with E-state index in [1.165, 1.54) is 6.92 Å². The summed E-state index contributed by atoms with van der Waals surface area (Å²) in [5, 5.41) is 22.6. The fourth-order valence-electron chi connectivity index (χ4n) is 7.32. The number of hydrogen-bond donors (Lipinski definition) is 2. The Morgan fingerprint density at radius 1 is 1.20 bits per heavy atom. The summed E-state index contributed by atoms with van der Waals surface area (Å²) in [5.41, 5.74) is -4.83. The summed E-state index contributed by atoms with van der Waals surface area (Å²) in [7, 11) is 0. The molecule has 0 spiro atoms. The van der Waals surface area contributed by atoms with Gasteiger partial charge in [-0.25, -0.2) is 4.39 Å². The number of carbonyl (C=O) groups excluding carboxylic acids is 3. The Bertz CT molecular complexity index is 838. The number of aliphatic hydroxyl groups is 2. The van der Waals surface area contributed by atoms with Gasteiger partial charge in [-0.1, -0.05) is 19.4 Å². The van der Waals surface area contributed by atoms with Crippen LogP contribution in [0.2, 0.25) is 0 Å². The topological polar surface area (TPSA) is 101 Å². The van der Waals surface area contributed by atoms with E-state index in [9.17, 15) is 24.6 Å². The van der Waals surface area contributed by atoms with Crippen LogP contribution in [0.25, 0.3) is 0 Å². The quantitative estimate of drug-likeness (QED) is 0.678. The third-order valence-corrected chi connectivity index (χ3v) is 9.06. The van der Waals surface area contributed by atoms with E-state index in [0.29, 0.717) is 25.7 Å². The van der Waals surface area contributed by atoms with Crippen molar-refractivity contribution >= 4 is 17.5 Å². The Kier molecular flexibility index (Phi) is 4.83. The van der Waals surface area contributed by atoms with Gasteiger partial charge in [0.2, 0.25) is 5.78 Å². The number of halogens is 1. The molecule has 0 bridgehead atoms. The second-order valence-electron chi connectivity index (χ2n) is 10.2. The summed E-state index contributed by atoms with van der Waals surface area (Å²) in [5.74, 6) is -1.99. The van der Waals surface area contributed by atoms with Gasteiger partial charge in [-0.2, -0.15) is 0 Å². The number of aliphatic hydroxyl groups excluding tert-OH is 1. The van der Waals surface area contributed by atoms with E-state index in [2.05, 4.69) is 0 Å². The van der Waals surface area contributed by atoms with E-state index >= 15 is 4.39 Å². The molecule has 2 N–H and O–H groups in total. The molecular weight excluding hydrogens is 391 g/mol. The van der Waals surface area contributed by atoms with Crippen molar-refractivity contribution in [3.63, 3.8) is 0 Å². The molecule has 0 aromatic rings. The van der Waals surface area contributed by atoms with Crippen molar-refractivity contribution in [2.75, 3.05) is 6.61 Å². The number of allylic oxidation sites excluding steroid dienone is 1. The Morgan fingerprint density at radius 2 is 1.90 bits per heavy atom. The molecular formula is C23H31FO6. The van der Waals surface area contributed by atoms with Crippen LogP contribution in [-0.2, 0) is 19.1 Å². The highest BCUT2D eigenvalue weighted by Crippen LogP contribution is 2.70. The van der Waals surface area contributed by atoms with Gasteiger partial charge in [0.1, 0.15) is 11.3 Å². The molecule has 1 unspecified atom stereocenters. The number of fused-ring (bicyclic) bond motifs is 5. The number of ketones is 2. The molecule has 30 heavy (non-hydrogen) atoms. The Morgan fingerprint density at radius 3 is 2.57 bits per heavy atom. The third-order valence-electron chi connectivity index (χ3n) is 9.06. The van der Waals surface area contributed by atoms with E-state index in [1.54, 1.807) is 13.0 Å². The van der Waals surface area contributed by atoms with E-state index in [0.717, 1.165) is 5.57 Å². The first-order valence-electron chi connectivity index (χ1n) is 10.9. The third kappa shape index (κ3) is 2.57. The average Bonchev–Trinajstić information content (AvgIpc) is 2.94. The molecule has 166 valence electrons. The number of ether oxygens (including phenoxy) is 1. The van der Waals surface area contributed by atoms with Gasteiger partial charge >= 0.3 is 5.97 Å². The van der Waals surface area contributed by atoms with Crippen molar-refractivity contribution in [2.45, 2.75) is 83.1 Å². The van der Waals surface area contributed by atoms with Crippen LogP contribution >= 0.6 is 0 Å². The zero-order valence-electron chi connectivity index (χ0n) is 17.9. The van der Waals surface area contributed by atoms with Gasteiger partial charge in [-0.05, 0) is 50.5 Å². The lowest BCUT2D eigenvalue weighted by atomic mass is 9.44. The van der Waals surface area contributed by atoms with Gasteiger partial charge in [0.25, 0.3) is 0 Å². The second-order valence-corrected chi connectivity index (χ2v) is 10.2. The highest BCUT2D eigenvalue weighted by Gasteiger charge is 2.74. The lowest BCUT2D eigenvalue weighted by molar-refractivity contribution is -0.227. The monoisotopic (exact) mass is 422 g/mol. The number of alkyl halides is 1. The fourth-order valence-corrected chi connectivity index (χ4v) is 7.32. The maximum absolute atomic E-state index is 16.9. The summed E-state index contributed by atoms with van der Waals surface area (Å²) in [6.45, 7) is 4.25. The highest BCUT2D eigenvalue weighted by atomic mass is 19.1. The number of carbonyl (C=O) groups is 3. The maximum atomic E-state index is 16.9. The summed E-state index contributed by atoms with van der Waals surface area (Å²) >= 11 is 0. The van der Waals surface area contributed by atoms with Gasteiger partial charge in [0, 0.05) is 30.1 Å². The first-order chi connectivity index (χ1) is 13.9. The maximum Gasteiger partial charge on any atom is 0.303 e. The largest absolute Gasteiger partial charge is 0.458 e. The summed E-state index contributed by atoms with van der Waals surface area (Å²) in [4.78, 5) is 35.9. The lowest BCUT2D eigenvalue weighted by Gasteiger charge is -2.63. The van der Waals surface area contributed by atoms with Gasteiger partial charge < -0.3 is 14.9 Å². The summed E-state index contributed by atoms with van der Waals surface area (Å²) in [6, 6.07) is 0. The fraction of sp³-hybridized carbons (Fsp3) is 0.783. The zero-order valence-corrected chi connectivity index (χ0v) is 17.9. The molecule has 0 aromatic heterocycles. The average molecular weight is 422 g/mol. The predicted octanol–water partition coefficient (Wildman–Crippen LogP) is 2.44. The van der Waals surface area contributed by atoms with E-state index in [4.69, 9.17) is 4.74 Å². The number of hydrogen-bond acceptors (Lipinski definition) is 6. The van der Waals surface area contributed by atoms with Crippen LogP contribution in [0.15, 0.2) is 11.6 Å². The van der Waals surface area contributed by atoms with Crippen LogP contribution in [0.3, 0.4) is 0 Å². The molecule has 0 amide bonds. The Labute approximate surface area is 175 Å². The van der Waals surface area contributed by atoms with E-state index in [1.807, 2.05) is 6.92 Å². The minimum atomic E-state index is -1.91. The minimum absolute atomic E-state index is 0.00553. The first-order valence-corrected chi connectivity index (χ1v) is 10.9.